The number of nitrogens with zero attached hydrogens (tertiary/aromatic N) is 1. The second-order valence-corrected chi connectivity index (χ2v) is 14.2. The average molecular weight is 818 g/mol. The van der Waals surface area contributed by atoms with Gasteiger partial charge in [0.25, 0.3) is 0 Å². The highest BCUT2D eigenvalue weighted by Crippen LogP contribution is 2.39. The van der Waals surface area contributed by atoms with Crippen LogP contribution in [0.3, 0.4) is 0 Å². The summed E-state index contributed by atoms with van der Waals surface area (Å²) in [6.45, 7) is 6.80. The molecule has 0 aliphatic heterocycles. The van der Waals surface area contributed by atoms with E-state index in [-0.39, 0.29) is 23.5 Å². The molecule has 6 aromatic carbocycles. The summed E-state index contributed by atoms with van der Waals surface area (Å²) < 4.78 is 21.1. The molecule has 0 spiro atoms. The van der Waals surface area contributed by atoms with E-state index >= 15 is 0 Å². The number of unbranched alkanes of at least 4 members (excludes halogenated alkanes) is 1. The standard InChI is InChI=1S/C25H35NO5.C23H16O6/c1-6-26(19(2)17-20-9-12-22(28-3)13-10-20)15-7-8-16-31-25(27)21-11-14-23(29-4)24(18-21)30-5;24-20-16(14-7-3-1-5-12(14)9-18(20)22(26)27)11-17-15-8-4-2-6-13(15)10-19(21(17)25)23(28)29/h9-14,18-19H,6-8,15-17H2,1-5H3;1-10,24-25H,11H2,(H,26,27)(H,28,29). The van der Waals surface area contributed by atoms with E-state index in [1.807, 2.05) is 12.1 Å². The number of carboxylic acids is 2. The van der Waals surface area contributed by atoms with E-state index in [2.05, 4.69) is 30.9 Å². The van der Waals surface area contributed by atoms with Crippen LogP contribution in [0, 0.1) is 0 Å². The Bertz CT molecular complexity index is 2340. The first-order valence-electron chi connectivity index (χ1n) is 19.6. The molecule has 1 unspecified atom stereocenters. The van der Waals surface area contributed by atoms with Crippen molar-refractivity contribution in [3.8, 4) is 28.7 Å². The third-order valence-electron chi connectivity index (χ3n) is 10.5. The summed E-state index contributed by atoms with van der Waals surface area (Å²) >= 11 is 0. The fourth-order valence-electron chi connectivity index (χ4n) is 7.23. The molecule has 0 saturated heterocycles. The highest BCUT2D eigenvalue weighted by molar-refractivity contribution is 6.02. The van der Waals surface area contributed by atoms with Gasteiger partial charge in [-0.2, -0.15) is 0 Å². The molecule has 60 heavy (non-hydrogen) atoms. The number of rotatable bonds is 17. The molecule has 0 aromatic heterocycles. The topological polar surface area (TPSA) is 172 Å². The smallest absolute Gasteiger partial charge is 0.339 e. The van der Waals surface area contributed by atoms with Crippen LogP contribution in [0.15, 0.2) is 103 Å². The number of ether oxygens (including phenoxy) is 4. The SMILES string of the molecule is CCN(CCCCOC(=O)c1ccc(OC)c(OC)c1)C(C)Cc1ccc(OC)cc1.O=C(O)c1cc2ccccc2c(Cc2c(O)c(C(=O)O)cc3ccccc23)c1O. The first-order chi connectivity index (χ1) is 28.9. The van der Waals surface area contributed by atoms with E-state index in [9.17, 15) is 34.8 Å². The maximum Gasteiger partial charge on any atom is 0.339 e. The van der Waals surface area contributed by atoms with Gasteiger partial charge < -0.3 is 44.3 Å². The summed E-state index contributed by atoms with van der Waals surface area (Å²) in [4.78, 5) is 38.0. The van der Waals surface area contributed by atoms with Crippen LogP contribution in [0.4, 0.5) is 0 Å². The Morgan fingerprint density at radius 3 is 1.72 bits per heavy atom. The first-order valence-corrected chi connectivity index (χ1v) is 19.6. The maximum atomic E-state index is 12.3. The number of hydrogen-bond acceptors (Lipinski definition) is 10. The Labute approximate surface area is 349 Å². The molecular formula is C48H51NO11. The van der Waals surface area contributed by atoms with Gasteiger partial charge in [-0.3, -0.25) is 0 Å². The molecule has 1 atom stereocenters. The van der Waals surface area contributed by atoms with Gasteiger partial charge in [0.1, 0.15) is 28.4 Å². The van der Waals surface area contributed by atoms with Crippen LogP contribution in [0.5, 0.6) is 28.7 Å². The summed E-state index contributed by atoms with van der Waals surface area (Å²) in [6, 6.07) is 30.5. The third-order valence-corrected chi connectivity index (χ3v) is 10.5. The zero-order chi connectivity index (χ0) is 43.3. The lowest BCUT2D eigenvalue weighted by molar-refractivity contribution is 0.0492. The van der Waals surface area contributed by atoms with Gasteiger partial charge in [-0.05, 0) is 109 Å². The van der Waals surface area contributed by atoms with Crippen molar-refractivity contribution in [3.05, 3.63) is 137 Å². The number of hydrogen-bond donors (Lipinski definition) is 4. The van der Waals surface area contributed by atoms with Crippen LogP contribution in [-0.4, -0.2) is 90.3 Å². The van der Waals surface area contributed by atoms with Gasteiger partial charge in [-0.15, -0.1) is 0 Å². The normalized spacial score (nSPS) is 11.4. The molecule has 6 aromatic rings. The molecule has 4 N–H and O–H groups in total. The number of aromatic carboxylic acids is 2. The van der Waals surface area contributed by atoms with Crippen molar-refractivity contribution < 1.29 is 53.8 Å². The van der Waals surface area contributed by atoms with Crippen molar-refractivity contribution in [1.82, 2.24) is 4.90 Å². The predicted molar refractivity (Wildman–Crippen MR) is 230 cm³/mol. The molecule has 0 heterocycles. The second kappa shape index (κ2) is 20.8. The summed E-state index contributed by atoms with van der Waals surface area (Å²) in [7, 11) is 4.79. The van der Waals surface area contributed by atoms with Gasteiger partial charge in [0.05, 0.1) is 33.5 Å². The summed E-state index contributed by atoms with van der Waals surface area (Å²) in [6.07, 6.45) is 2.75. The quantitative estimate of drug-likeness (QED) is 0.0509. The van der Waals surface area contributed by atoms with Crippen LogP contribution in [0.25, 0.3) is 21.5 Å². The van der Waals surface area contributed by atoms with Crippen molar-refractivity contribution in [2.45, 2.75) is 45.6 Å². The number of fused-ring (bicyclic) bond motifs is 2. The average Bonchev–Trinajstić information content (AvgIpc) is 3.26. The Kier molecular flexibility index (Phi) is 15.3. The third kappa shape index (κ3) is 10.6. The van der Waals surface area contributed by atoms with E-state index in [1.54, 1.807) is 88.1 Å². The number of likely N-dealkylation sites (N-methyl/N-ethyl adjacent to an activating group) is 1. The van der Waals surface area contributed by atoms with E-state index in [0.717, 1.165) is 38.1 Å². The fourth-order valence-corrected chi connectivity index (χ4v) is 7.23. The van der Waals surface area contributed by atoms with Crippen molar-refractivity contribution in [2.24, 2.45) is 0 Å². The van der Waals surface area contributed by atoms with E-state index in [1.165, 1.54) is 17.7 Å². The molecule has 0 aliphatic rings. The molecule has 12 heteroatoms. The van der Waals surface area contributed by atoms with Gasteiger partial charge in [-0.25, -0.2) is 14.4 Å². The highest BCUT2D eigenvalue weighted by atomic mass is 16.5. The van der Waals surface area contributed by atoms with Crippen LogP contribution in [0.2, 0.25) is 0 Å². The number of benzene rings is 6. The van der Waals surface area contributed by atoms with Crippen LogP contribution >= 0.6 is 0 Å². The van der Waals surface area contributed by atoms with E-state index < -0.39 is 23.4 Å². The molecule has 0 bridgehead atoms. The van der Waals surface area contributed by atoms with Crippen molar-refractivity contribution in [1.29, 1.82) is 0 Å². The molecule has 12 nitrogen and oxygen atoms in total. The molecule has 0 saturated carbocycles. The number of aromatic hydroxyl groups is 2. The summed E-state index contributed by atoms with van der Waals surface area (Å²) in [5.74, 6) is -1.72. The Hall–Kier alpha value is -6.79. The second-order valence-electron chi connectivity index (χ2n) is 14.2. The number of phenols is 2. The maximum absolute atomic E-state index is 12.3. The fraction of sp³-hybridized carbons (Fsp3) is 0.271. The van der Waals surface area contributed by atoms with Crippen LogP contribution in [-0.2, 0) is 17.6 Å². The minimum Gasteiger partial charge on any atom is -0.507 e. The predicted octanol–water partition coefficient (Wildman–Crippen LogP) is 8.99. The molecule has 314 valence electrons. The van der Waals surface area contributed by atoms with Gasteiger partial charge >= 0.3 is 17.9 Å². The lowest BCUT2D eigenvalue weighted by Crippen LogP contribution is -2.35. The van der Waals surface area contributed by atoms with Crippen molar-refractivity contribution >= 4 is 39.5 Å². The van der Waals surface area contributed by atoms with Gasteiger partial charge in [-0.1, -0.05) is 67.6 Å². The number of carbonyl (C=O) groups excluding carboxylic acids is 1. The zero-order valence-electron chi connectivity index (χ0n) is 34.4. The van der Waals surface area contributed by atoms with E-state index in [0.29, 0.717) is 62.4 Å². The molecule has 0 amide bonds. The summed E-state index contributed by atoms with van der Waals surface area (Å²) in [5, 5.41) is 42.8. The highest BCUT2D eigenvalue weighted by Gasteiger charge is 2.23. The minimum absolute atomic E-state index is 0.0407. The van der Waals surface area contributed by atoms with Crippen molar-refractivity contribution in [3.63, 3.8) is 0 Å². The minimum atomic E-state index is -1.28. The van der Waals surface area contributed by atoms with Crippen LogP contribution < -0.4 is 14.2 Å². The number of carboxylic acid groups (broad SMARTS) is 2. The van der Waals surface area contributed by atoms with Gasteiger partial charge in [0.15, 0.2) is 11.5 Å². The number of methoxy groups -OCH3 is 3. The Balaban J connectivity index is 0.000000228. The monoisotopic (exact) mass is 817 g/mol. The number of carbonyl (C=O) groups is 3. The van der Waals surface area contributed by atoms with Gasteiger partial charge in [0.2, 0.25) is 0 Å². The molecule has 6 rings (SSSR count). The Morgan fingerprint density at radius 1 is 0.667 bits per heavy atom. The largest absolute Gasteiger partial charge is 0.507 e. The summed E-state index contributed by atoms with van der Waals surface area (Å²) in [5.41, 5.74) is 1.87. The molecular weight excluding hydrogens is 767 g/mol. The van der Waals surface area contributed by atoms with E-state index in [4.69, 9.17) is 18.9 Å². The lowest BCUT2D eigenvalue weighted by atomic mass is 9.90. The lowest BCUT2D eigenvalue weighted by Gasteiger charge is -2.28. The molecule has 0 fully saturated rings. The van der Waals surface area contributed by atoms with Gasteiger partial charge in [0, 0.05) is 23.6 Å². The number of esters is 1. The Morgan fingerprint density at radius 2 is 1.22 bits per heavy atom. The van der Waals surface area contributed by atoms with Crippen molar-refractivity contribution in [2.75, 3.05) is 41.0 Å². The first kappa shape index (κ1) is 44.3. The van der Waals surface area contributed by atoms with Crippen LogP contribution in [0.1, 0.15) is 74.5 Å². The molecule has 0 radical (unpaired) electrons. The zero-order valence-corrected chi connectivity index (χ0v) is 34.4. The molecule has 0 aliphatic carbocycles.